The Labute approximate surface area is 103 Å². The van der Waals surface area contributed by atoms with Crippen LogP contribution in [0.1, 0.15) is 12.5 Å². The molecule has 1 atom stereocenters. The molecule has 4 nitrogen and oxygen atoms in total. The van der Waals surface area contributed by atoms with E-state index in [0.717, 1.165) is 10.0 Å². The summed E-state index contributed by atoms with van der Waals surface area (Å²) in [4.78, 5) is 17.7. The molecule has 1 fully saturated rings. The van der Waals surface area contributed by atoms with Crippen LogP contribution in [-0.2, 0) is 16.1 Å². The van der Waals surface area contributed by atoms with Gasteiger partial charge in [-0.05, 0) is 34.5 Å². The Balaban J connectivity index is 2.06. The van der Waals surface area contributed by atoms with Gasteiger partial charge in [-0.2, -0.15) is 0 Å². The standard InChI is InChI=1S/C11H13BrN2O2/c1-8-11(15)14(2-3-16-8)7-9-4-10(12)6-13-5-9/h4-6,8H,2-3,7H2,1H3. The summed E-state index contributed by atoms with van der Waals surface area (Å²) < 4.78 is 6.20. The van der Waals surface area contributed by atoms with Gasteiger partial charge in [-0.25, -0.2) is 0 Å². The van der Waals surface area contributed by atoms with Crippen molar-refractivity contribution in [3.63, 3.8) is 0 Å². The highest BCUT2D eigenvalue weighted by Gasteiger charge is 2.25. The second kappa shape index (κ2) is 4.93. The van der Waals surface area contributed by atoms with E-state index in [2.05, 4.69) is 20.9 Å². The maximum Gasteiger partial charge on any atom is 0.251 e. The van der Waals surface area contributed by atoms with Gasteiger partial charge in [-0.15, -0.1) is 0 Å². The predicted molar refractivity (Wildman–Crippen MR) is 62.8 cm³/mol. The van der Waals surface area contributed by atoms with Crippen LogP contribution in [0.4, 0.5) is 0 Å². The summed E-state index contributed by atoms with van der Waals surface area (Å²) in [6.45, 7) is 3.64. The van der Waals surface area contributed by atoms with E-state index in [1.165, 1.54) is 0 Å². The van der Waals surface area contributed by atoms with Crippen molar-refractivity contribution >= 4 is 21.8 Å². The number of amides is 1. The fourth-order valence-corrected chi connectivity index (χ4v) is 2.11. The van der Waals surface area contributed by atoms with E-state index in [1.54, 1.807) is 24.2 Å². The van der Waals surface area contributed by atoms with Crippen LogP contribution in [0.25, 0.3) is 0 Å². The predicted octanol–water partition coefficient (Wildman–Crippen LogP) is 1.59. The number of aromatic nitrogens is 1. The first-order valence-corrected chi connectivity index (χ1v) is 5.96. The average molecular weight is 285 g/mol. The lowest BCUT2D eigenvalue weighted by molar-refractivity contribution is -0.152. The minimum Gasteiger partial charge on any atom is -0.367 e. The van der Waals surface area contributed by atoms with Crippen LogP contribution in [0.3, 0.4) is 0 Å². The molecular formula is C11H13BrN2O2. The molecule has 0 aromatic carbocycles. The lowest BCUT2D eigenvalue weighted by Gasteiger charge is -2.30. The number of hydrogen-bond donors (Lipinski definition) is 0. The molecule has 16 heavy (non-hydrogen) atoms. The van der Waals surface area contributed by atoms with Gasteiger partial charge in [0.05, 0.1) is 6.61 Å². The minimum absolute atomic E-state index is 0.0474. The molecule has 1 aliphatic rings. The maximum atomic E-state index is 11.8. The lowest BCUT2D eigenvalue weighted by atomic mass is 10.2. The smallest absolute Gasteiger partial charge is 0.251 e. The zero-order valence-corrected chi connectivity index (χ0v) is 10.6. The first-order valence-electron chi connectivity index (χ1n) is 5.16. The molecule has 0 radical (unpaired) electrons. The number of ether oxygens (including phenoxy) is 1. The number of pyridine rings is 1. The topological polar surface area (TPSA) is 42.4 Å². The SMILES string of the molecule is CC1OCCN(Cc2cncc(Br)c2)C1=O. The second-order valence-electron chi connectivity index (χ2n) is 3.78. The van der Waals surface area contributed by atoms with Gasteiger partial charge in [0.2, 0.25) is 0 Å². The number of hydrogen-bond acceptors (Lipinski definition) is 3. The molecule has 1 aromatic heterocycles. The maximum absolute atomic E-state index is 11.8. The van der Waals surface area contributed by atoms with Gasteiger partial charge in [0, 0.05) is 30.0 Å². The summed E-state index contributed by atoms with van der Waals surface area (Å²) in [5.74, 6) is 0.0474. The van der Waals surface area contributed by atoms with E-state index in [1.807, 2.05) is 6.07 Å². The Morgan fingerprint density at radius 1 is 1.62 bits per heavy atom. The number of nitrogens with zero attached hydrogens (tertiary/aromatic N) is 2. The molecule has 1 aromatic rings. The van der Waals surface area contributed by atoms with E-state index in [9.17, 15) is 4.79 Å². The Morgan fingerprint density at radius 2 is 2.44 bits per heavy atom. The van der Waals surface area contributed by atoms with Crippen LogP contribution in [0.2, 0.25) is 0 Å². The quantitative estimate of drug-likeness (QED) is 0.828. The summed E-state index contributed by atoms with van der Waals surface area (Å²) >= 11 is 3.36. The fraction of sp³-hybridized carbons (Fsp3) is 0.455. The molecule has 0 bridgehead atoms. The van der Waals surface area contributed by atoms with Crippen LogP contribution >= 0.6 is 15.9 Å². The van der Waals surface area contributed by atoms with Gasteiger partial charge in [0.15, 0.2) is 0 Å². The number of halogens is 1. The van der Waals surface area contributed by atoms with E-state index in [-0.39, 0.29) is 12.0 Å². The number of carbonyl (C=O) groups is 1. The normalized spacial score (nSPS) is 21.2. The largest absolute Gasteiger partial charge is 0.367 e. The van der Waals surface area contributed by atoms with Crippen LogP contribution in [0.15, 0.2) is 22.9 Å². The molecule has 1 aliphatic heterocycles. The Kier molecular flexibility index (Phi) is 3.56. The molecule has 2 rings (SSSR count). The van der Waals surface area contributed by atoms with Crippen molar-refractivity contribution in [3.8, 4) is 0 Å². The molecular weight excluding hydrogens is 272 g/mol. The minimum atomic E-state index is -0.325. The van der Waals surface area contributed by atoms with Crippen molar-refractivity contribution in [2.24, 2.45) is 0 Å². The molecule has 2 heterocycles. The summed E-state index contributed by atoms with van der Waals surface area (Å²) in [6, 6.07) is 1.97. The molecule has 1 saturated heterocycles. The molecule has 0 N–H and O–H groups in total. The van der Waals surface area contributed by atoms with Crippen molar-refractivity contribution in [3.05, 3.63) is 28.5 Å². The molecule has 86 valence electrons. The molecule has 0 saturated carbocycles. The summed E-state index contributed by atoms with van der Waals surface area (Å²) in [5.41, 5.74) is 1.02. The highest BCUT2D eigenvalue weighted by molar-refractivity contribution is 9.10. The molecule has 0 aliphatic carbocycles. The second-order valence-corrected chi connectivity index (χ2v) is 4.70. The van der Waals surface area contributed by atoms with E-state index >= 15 is 0 Å². The zero-order chi connectivity index (χ0) is 11.5. The first-order chi connectivity index (χ1) is 7.66. The Hall–Kier alpha value is -0.940. The fourth-order valence-electron chi connectivity index (χ4n) is 1.70. The Morgan fingerprint density at radius 3 is 3.19 bits per heavy atom. The van der Waals surface area contributed by atoms with Crippen molar-refractivity contribution in [2.75, 3.05) is 13.2 Å². The third-order valence-electron chi connectivity index (χ3n) is 2.52. The van der Waals surface area contributed by atoms with Crippen molar-refractivity contribution in [1.82, 2.24) is 9.88 Å². The average Bonchev–Trinajstić information content (AvgIpc) is 2.25. The van der Waals surface area contributed by atoms with Gasteiger partial charge < -0.3 is 9.64 Å². The summed E-state index contributed by atoms with van der Waals surface area (Å²) in [6.07, 6.45) is 3.18. The highest BCUT2D eigenvalue weighted by atomic mass is 79.9. The van der Waals surface area contributed by atoms with E-state index in [4.69, 9.17) is 4.74 Å². The van der Waals surface area contributed by atoms with E-state index in [0.29, 0.717) is 19.7 Å². The summed E-state index contributed by atoms with van der Waals surface area (Å²) in [7, 11) is 0. The lowest BCUT2D eigenvalue weighted by Crippen LogP contribution is -2.45. The van der Waals surface area contributed by atoms with Gasteiger partial charge in [-0.3, -0.25) is 9.78 Å². The number of carbonyl (C=O) groups excluding carboxylic acids is 1. The van der Waals surface area contributed by atoms with Crippen molar-refractivity contribution in [2.45, 2.75) is 19.6 Å². The summed E-state index contributed by atoms with van der Waals surface area (Å²) in [5, 5.41) is 0. The van der Waals surface area contributed by atoms with Crippen LogP contribution in [-0.4, -0.2) is 35.0 Å². The van der Waals surface area contributed by atoms with Gasteiger partial charge in [0.1, 0.15) is 6.10 Å². The molecule has 5 heteroatoms. The van der Waals surface area contributed by atoms with Crippen molar-refractivity contribution in [1.29, 1.82) is 0 Å². The molecule has 0 spiro atoms. The third-order valence-corrected chi connectivity index (χ3v) is 2.96. The number of morpholine rings is 1. The Bertz CT molecular complexity index is 397. The van der Waals surface area contributed by atoms with E-state index < -0.39 is 0 Å². The van der Waals surface area contributed by atoms with Gasteiger partial charge >= 0.3 is 0 Å². The highest BCUT2D eigenvalue weighted by Crippen LogP contribution is 2.14. The zero-order valence-electron chi connectivity index (χ0n) is 9.02. The van der Waals surface area contributed by atoms with Crippen LogP contribution in [0.5, 0.6) is 0 Å². The van der Waals surface area contributed by atoms with Gasteiger partial charge in [-0.1, -0.05) is 0 Å². The van der Waals surface area contributed by atoms with Crippen LogP contribution < -0.4 is 0 Å². The monoisotopic (exact) mass is 284 g/mol. The van der Waals surface area contributed by atoms with Gasteiger partial charge in [0.25, 0.3) is 5.91 Å². The third kappa shape index (κ3) is 2.59. The molecule has 1 unspecified atom stereocenters. The molecule has 1 amide bonds. The number of rotatable bonds is 2. The van der Waals surface area contributed by atoms with Crippen molar-refractivity contribution < 1.29 is 9.53 Å². The first kappa shape index (κ1) is 11.5. The van der Waals surface area contributed by atoms with Crippen LogP contribution in [0, 0.1) is 0 Å².